The molecule has 7 heteroatoms. The van der Waals surface area contributed by atoms with Gasteiger partial charge in [0.15, 0.2) is 0 Å². The Balaban J connectivity index is 0.000000391. The minimum Gasteiger partial charge on any atom is -0.394 e. The largest absolute Gasteiger partial charge is 0.394 e. The average molecular weight is 543 g/mol. The van der Waals surface area contributed by atoms with Crippen molar-refractivity contribution in [2.45, 2.75) is 11.9 Å². The molecule has 0 saturated heterocycles. The molecule has 140 valence electrons. The molecule has 0 aliphatic carbocycles. The van der Waals surface area contributed by atoms with Gasteiger partial charge in [-0.1, -0.05) is 72.1 Å². The molecule has 0 spiro atoms. The predicted octanol–water partition coefficient (Wildman–Crippen LogP) is 4.27. The van der Waals surface area contributed by atoms with Crippen LogP contribution in [0.2, 0.25) is 0 Å². The second-order valence-corrected chi connectivity index (χ2v) is 7.00. The topological polar surface area (TPSA) is 69.9 Å². The van der Waals surface area contributed by atoms with E-state index in [1.54, 1.807) is 0 Å². The van der Waals surface area contributed by atoms with Crippen LogP contribution in [0.4, 0.5) is 0 Å². The van der Waals surface area contributed by atoms with Crippen molar-refractivity contribution in [1.82, 2.24) is 0 Å². The number of aliphatic hydroxyl groups excluding tert-OH is 3. The van der Waals surface area contributed by atoms with Gasteiger partial charge in [-0.25, -0.2) is 0 Å². The normalized spacial score (nSPS) is 9.52. The fourth-order valence-corrected chi connectivity index (χ4v) is 2.31. The van der Waals surface area contributed by atoms with Gasteiger partial charge in [-0.15, -0.1) is 0 Å². The molecule has 25 heavy (non-hydrogen) atoms. The number of alkyl halides is 1. The maximum atomic E-state index is 8.46. The number of aliphatic hydroxyl groups is 3. The lowest BCUT2D eigenvalue weighted by molar-refractivity contribution is 0.0815. The molecule has 0 amide bonds. The van der Waals surface area contributed by atoms with E-state index in [0.717, 1.165) is 19.8 Å². The summed E-state index contributed by atoms with van der Waals surface area (Å²) in [6, 6.07) is 16.2. The van der Waals surface area contributed by atoms with Crippen molar-refractivity contribution in [3.05, 3.63) is 68.6 Å². The van der Waals surface area contributed by atoms with Gasteiger partial charge in [-0.3, -0.25) is 0 Å². The van der Waals surface area contributed by atoms with Crippen molar-refractivity contribution < 1.29 is 20.1 Å². The summed E-state index contributed by atoms with van der Waals surface area (Å²) in [5, 5.41) is 24.6. The first-order valence-electron chi connectivity index (χ1n) is 7.52. The number of benzene rings is 2. The molecule has 0 aromatic heterocycles. The molecule has 0 bridgehead atoms. The van der Waals surface area contributed by atoms with Gasteiger partial charge in [0.2, 0.25) is 0 Å². The lowest BCUT2D eigenvalue weighted by atomic mass is 10.2. The molecule has 3 N–H and O–H groups in total. The van der Waals surface area contributed by atoms with Gasteiger partial charge >= 0.3 is 0 Å². The zero-order valence-corrected chi connectivity index (χ0v) is 18.5. The van der Waals surface area contributed by atoms with Crippen molar-refractivity contribution in [1.29, 1.82) is 0 Å². The van der Waals surface area contributed by atoms with Crippen LogP contribution in [-0.2, 0) is 16.7 Å². The first-order chi connectivity index (χ1) is 12.1. The van der Waals surface area contributed by atoms with Crippen molar-refractivity contribution in [2.75, 3.05) is 26.4 Å². The Bertz CT molecular complexity index is 531. The predicted molar refractivity (Wildman–Crippen MR) is 112 cm³/mol. The number of rotatable bonds is 6. The Kier molecular flexibility index (Phi) is 17.0. The van der Waals surface area contributed by atoms with Crippen molar-refractivity contribution in [2.24, 2.45) is 0 Å². The molecule has 2 rings (SSSR count). The Morgan fingerprint density at radius 2 is 1.12 bits per heavy atom. The van der Waals surface area contributed by atoms with Gasteiger partial charge < -0.3 is 20.1 Å². The molecule has 4 nitrogen and oxygen atoms in total. The molecule has 0 saturated carbocycles. The molecule has 2 aromatic carbocycles. The molecule has 0 aliphatic heterocycles. The summed E-state index contributed by atoms with van der Waals surface area (Å²) in [5.74, 6) is 0. The summed E-state index contributed by atoms with van der Waals surface area (Å²) in [6.07, 6.45) is 0. The first kappa shape index (κ1) is 24.7. The summed E-state index contributed by atoms with van der Waals surface area (Å²) in [6.45, 7) is 0.792. The summed E-state index contributed by atoms with van der Waals surface area (Å²) in [4.78, 5) is 0. The third-order valence-corrected chi connectivity index (χ3v) is 4.29. The quantitative estimate of drug-likeness (QED) is 0.376. The van der Waals surface area contributed by atoms with Crippen LogP contribution in [0.25, 0.3) is 0 Å². The van der Waals surface area contributed by atoms with Crippen molar-refractivity contribution >= 4 is 47.8 Å². The molecule has 0 unspecified atom stereocenters. The van der Waals surface area contributed by atoms with Gasteiger partial charge in [-0.2, -0.15) is 0 Å². The Hall–Kier alpha value is -0.280. The van der Waals surface area contributed by atoms with Gasteiger partial charge in [0, 0.05) is 14.3 Å². The lowest BCUT2D eigenvalue weighted by Gasteiger charge is -2.01. The highest BCUT2D eigenvalue weighted by atomic mass is 79.9. The van der Waals surface area contributed by atoms with Gasteiger partial charge in [0.1, 0.15) is 0 Å². The number of halogens is 3. The Morgan fingerprint density at radius 1 is 0.680 bits per heavy atom. The highest BCUT2D eigenvalue weighted by molar-refractivity contribution is 9.10. The lowest BCUT2D eigenvalue weighted by Crippen LogP contribution is -1.98. The highest BCUT2D eigenvalue weighted by Gasteiger charge is 1.92. The van der Waals surface area contributed by atoms with Crippen LogP contribution in [0.5, 0.6) is 0 Å². The number of hydrogen-bond acceptors (Lipinski definition) is 4. The SMILES string of the molecule is BrCc1ccc(Br)cc1.OCCO.OCCOCc1ccc(Br)cc1. The third kappa shape index (κ3) is 14.6. The highest BCUT2D eigenvalue weighted by Crippen LogP contribution is 2.12. The number of ether oxygens (including phenoxy) is 1. The zero-order chi connectivity index (χ0) is 18.9. The molecule has 0 heterocycles. The molecule has 0 aliphatic rings. The zero-order valence-electron chi connectivity index (χ0n) is 13.7. The first-order valence-corrected chi connectivity index (χ1v) is 10.2. The van der Waals surface area contributed by atoms with Crippen LogP contribution in [0.3, 0.4) is 0 Å². The van der Waals surface area contributed by atoms with E-state index in [9.17, 15) is 0 Å². The third-order valence-electron chi connectivity index (χ3n) is 2.59. The smallest absolute Gasteiger partial charge is 0.0718 e. The Labute approximate surface area is 174 Å². The van der Waals surface area contributed by atoms with Crippen LogP contribution < -0.4 is 0 Å². The standard InChI is InChI=1S/C9H11BrO2.C7H6Br2.C2H6O2/c10-9-3-1-8(2-4-9)7-12-6-5-11;8-5-6-1-3-7(9)4-2-6;3-1-2-4/h1-4,11H,5-7H2;1-4H,5H2;3-4H,1-2H2. The summed E-state index contributed by atoms with van der Waals surface area (Å²) < 4.78 is 7.34. The van der Waals surface area contributed by atoms with E-state index >= 15 is 0 Å². The minimum absolute atomic E-state index is 0.0799. The molecular weight excluding hydrogens is 520 g/mol. The van der Waals surface area contributed by atoms with E-state index in [4.69, 9.17) is 20.1 Å². The van der Waals surface area contributed by atoms with Crippen LogP contribution in [0.15, 0.2) is 57.5 Å². The van der Waals surface area contributed by atoms with Gasteiger partial charge in [0.25, 0.3) is 0 Å². The van der Waals surface area contributed by atoms with E-state index in [2.05, 4.69) is 59.9 Å². The van der Waals surface area contributed by atoms with Crippen molar-refractivity contribution in [3.8, 4) is 0 Å². The van der Waals surface area contributed by atoms with E-state index < -0.39 is 0 Å². The van der Waals surface area contributed by atoms with E-state index in [1.807, 2.05) is 36.4 Å². The molecule has 2 aromatic rings. The van der Waals surface area contributed by atoms with Crippen LogP contribution in [0.1, 0.15) is 11.1 Å². The van der Waals surface area contributed by atoms with Crippen LogP contribution in [0, 0.1) is 0 Å². The maximum absolute atomic E-state index is 8.46. The van der Waals surface area contributed by atoms with E-state index in [0.29, 0.717) is 13.2 Å². The molecular formula is C18H23Br3O4. The second kappa shape index (κ2) is 17.1. The average Bonchev–Trinajstić information content (AvgIpc) is 2.65. The van der Waals surface area contributed by atoms with Crippen molar-refractivity contribution in [3.63, 3.8) is 0 Å². The fraction of sp³-hybridized carbons (Fsp3) is 0.333. The fourth-order valence-electron chi connectivity index (χ4n) is 1.41. The Morgan fingerprint density at radius 3 is 1.48 bits per heavy atom. The summed E-state index contributed by atoms with van der Waals surface area (Å²) in [7, 11) is 0. The van der Waals surface area contributed by atoms with Crippen LogP contribution >= 0.6 is 47.8 Å². The minimum atomic E-state index is -0.125. The second-order valence-electron chi connectivity index (χ2n) is 4.61. The van der Waals surface area contributed by atoms with E-state index in [1.165, 1.54) is 5.56 Å². The maximum Gasteiger partial charge on any atom is 0.0718 e. The van der Waals surface area contributed by atoms with Gasteiger partial charge in [0.05, 0.1) is 33.0 Å². The van der Waals surface area contributed by atoms with Gasteiger partial charge in [-0.05, 0) is 35.4 Å². The molecule has 0 atom stereocenters. The monoisotopic (exact) mass is 540 g/mol. The van der Waals surface area contributed by atoms with E-state index in [-0.39, 0.29) is 19.8 Å². The van der Waals surface area contributed by atoms with Crippen LogP contribution in [-0.4, -0.2) is 41.7 Å². The molecule has 0 radical (unpaired) electrons. The molecule has 0 fully saturated rings. The number of hydrogen-bond donors (Lipinski definition) is 3. The summed E-state index contributed by atoms with van der Waals surface area (Å²) >= 11 is 10.1. The summed E-state index contributed by atoms with van der Waals surface area (Å²) in [5.41, 5.74) is 2.42.